The highest BCUT2D eigenvalue weighted by Crippen LogP contribution is 2.30. The van der Waals surface area contributed by atoms with E-state index in [0.29, 0.717) is 6.04 Å². The molecule has 4 heteroatoms. The predicted molar refractivity (Wildman–Crippen MR) is 85.6 cm³/mol. The van der Waals surface area contributed by atoms with Crippen molar-refractivity contribution in [3.8, 4) is 0 Å². The molecule has 1 atom stereocenters. The lowest BCUT2D eigenvalue weighted by atomic mass is 9.99. The van der Waals surface area contributed by atoms with Crippen LogP contribution < -0.4 is 10.2 Å². The van der Waals surface area contributed by atoms with Gasteiger partial charge in [-0.15, -0.1) is 0 Å². The van der Waals surface area contributed by atoms with Crippen molar-refractivity contribution in [3.63, 3.8) is 0 Å². The lowest BCUT2D eigenvalue weighted by Crippen LogP contribution is -2.40. The van der Waals surface area contributed by atoms with Gasteiger partial charge in [-0.1, -0.05) is 13.8 Å². The van der Waals surface area contributed by atoms with Crippen LogP contribution in [0.3, 0.4) is 0 Å². The van der Waals surface area contributed by atoms with Gasteiger partial charge in [0.1, 0.15) is 17.5 Å². The van der Waals surface area contributed by atoms with E-state index in [2.05, 4.69) is 42.9 Å². The summed E-state index contributed by atoms with van der Waals surface area (Å²) in [6.45, 7) is 10.7. The van der Waals surface area contributed by atoms with Gasteiger partial charge in [0.25, 0.3) is 0 Å². The highest BCUT2D eigenvalue weighted by Gasteiger charge is 2.25. The number of nitrogens with zero attached hydrogens (tertiary/aromatic N) is 3. The number of aryl methyl sites for hydroxylation is 1. The second kappa shape index (κ2) is 6.91. The Bertz CT molecular complexity index is 444. The van der Waals surface area contributed by atoms with Crippen molar-refractivity contribution in [2.75, 3.05) is 23.3 Å². The van der Waals surface area contributed by atoms with Gasteiger partial charge in [0.15, 0.2) is 0 Å². The summed E-state index contributed by atoms with van der Waals surface area (Å²) < 4.78 is 0. The molecule has 1 unspecified atom stereocenters. The summed E-state index contributed by atoms with van der Waals surface area (Å²) in [7, 11) is 0. The summed E-state index contributed by atoms with van der Waals surface area (Å²) in [5.74, 6) is 3.11. The number of aromatic nitrogens is 2. The van der Waals surface area contributed by atoms with E-state index in [1.165, 1.54) is 31.2 Å². The average molecular weight is 276 g/mol. The molecule has 0 aliphatic carbocycles. The molecule has 2 rings (SSSR count). The molecule has 0 amide bonds. The van der Waals surface area contributed by atoms with E-state index in [1.807, 2.05) is 0 Å². The molecule has 0 spiro atoms. The van der Waals surface area contributed by atoms with Crippen molar-refractivity contribution in [2.24, 2.45) is 0 Å². The maximum Gasteiger partial charge on any atom is 0.137 e. The van der Waals surface area contributed by atoms with Gasteiger partial charge >= 0.3 is 0 Å². The van der Waals surface area contributed by atoms with Crippen LogP contribution in [0.15, 0.2) is 0 Å². The first kappa shape index (κ1) is 15.1. The monoisotopic (exact) mass is 276 g/mol. The van der Waals surface area contributed by atoms with Gasteiger partial charge in [-0.3, -0.25) is 0 Å². The summed E-state index contributed by atoms with van der Waals surface area (Å²) >= 11 is 0. The van der Waals surface area contributed by atoms with Crippen molar-refractivity contribution in [1.82, 2.24) is 9.97 Å². The van der Waals surface area contributed by atoms with Gasteiger partial charge in [-0.05, 0) is 39.5 Å². The quantitative estimate of drug-likeness (QED) is 0.893. The summed E-state index contributed by atoms with van der Waals surface area (Å²) in [6.07, 6.45) is 5.99. The Morgan fingerprint density at radius 1 is 1.20 bits per heavy atom. The highest BCUT2D eigenvalue weighted by atomic mass is 15.2. The molecule has 1 aliphatic rings. The number of rotatable bonds is 5. The van der Waals surface area contributed by atoms with Crippen LogP contribution in [0, 0.1) is 6.92 Å². The summed E-state index contributed by atoms with van der Waals surface area (Å²) in [5.41, 5.74) is 1.20. The SMILES string of the molecule is CCNc1nc(CC)nc(N2CCCCC2CC)c1C. The molecule has 1 saturated heterocycles. The first-order chi connectivity index (χ1) is 9.71. The fourth-order valence-corrected chi connectivity index (χ4v) is 3.03. The van der Waals surface area contributed by atoms with Crippen LogP contribution in [0.5, 0.6) is 0 Å². The average Bonchev–Trinajstić information content (AvgIpc) is 2.49. The van der Waals surface area contributed by atoms with E-state index in [1.54, 1.807) is 0 Å². The zero-order valence-electron chi connectivity index (χ0n) is 13.4. The second-order valence-electron chi connectivity index (χ2n) is 5.57. The van der Waals surface area contributed by atoms with E-state index >= 15 is 0 Å². The molecule has 1 aromatic rings. The molecular formula is C16H28N4. The van der Waals surface area contributed by atoms with E-state index in [4.69, 9.17) is 4.98 Å². The van der Waals surface area contributed by atoms with E-state index in [-0.39, 0.29) is 0 Å². The Hall–Kier alpha value is -1.32. The van der Waals surface area contributed by atoms with E-state index < -0.39 is 0 Å². The third-order valence-electron chi connectivity index (χ3n) is 4.20. The minimum Gasteiger partial charge on any atom is -0.370 e. The number of anilines is 2. The molecule has 1 aliphatic heterocycles. The Morgan fingerprint density at radius 3 is 2.65 bits per heavy atom. The van der Waals surface area contributed by atoms with Gasteiger partial charge in [-0.2, -0.15) is 0 Å². The number of hydrogen-bond donors (Lipinski definition) is 1. The third kappa shape index (κ3) is 3.05. The Morgan fingerprint density at radius 2 is 2.00 bits per heavy atom. The molecule has 4 nitrogen and oxygen atoms in total. The molecule has 20 heavy (non-hydrogen) atoms. The van der Waals surface area contributed by atoms with Crippen molar-refractivity contribution in [1.29, 1.82) is 0 Å². The maximum absolute atomic E-state index is 4.83. The smallest absolute Gasteiger partial charge is 0.137 e. The van der Waals surface area contributed by atoms with Crippen LogP contribution in [0.4, 0.5) is 11.6 Å². The Labute approximate surface area is 123 Å². The molecule has 1 N–H and O–H groups in total. The molecule has 1 fully saturated rings. The van der Waals surface area contributed by atoms with Crippen molar-refractivity contribution in [2.45, 2.75) is 65.8 Å². The van der Waals surface area contributed by atoms with Gasteiger partial charge < -0.3 is 10.2 Å². The Balaban J connectivity index is 2.40. The summed E-state index contributed by atoms with van der Waals surface area (Å²) in [6, 6.07) is 0.636. The lowest BCUT2D eigenvalue weighted by molar-refractivity contribution is 0.445. The topological polar surface area (TPSA) is 41.1 Å². The maximum atomic E-state index is 4.83. The lowest BCUT2D eigenvalue weighted by Gasteiger charge is -2.37. The van der Waals surface area contributed by atoms with Gasteiger partial charge in [-0.25, -0.2) is 9.97 Å². The normalized spacial score (nSPS) is 19.2. The van der Waals surface area contributed by atoms with Crippen molar-refractivity contribution >= 4 is 11.6 Å². The highest BCUT2D eigenvalue weighted by molar-refractivity contribution is 5.59. The van der Waals surface area contributed by atoms with E-state index in [9.17, 15) is 0 Å². The van der Waals surface area contributed by atoms with Gasteiger partial charge in [0, 0.05) is 31.1 Å². The van der Waals surface area contributed by atoms with Gasteiger partial charge in [0.2, 0.25) is 0 Å². The standard InChI is InChI=1S/C16H28N4/c1-5-13-10-8-9-11-20(13)16-12(4)15(17-7-3)18-14(6-2)19-16/h13H,5-11H2,1-4H3,(H,17,18,19). The molecule has 0 bridgehead atoms. The molecule has 112 valence electrons. The van der Waals surface area contributed by atoms with Gasteiger partial charge in [0.05, 0.1) is 0 Å². The zero-order chi connectivity index (χ0) is 14.5. The Kier molecular flexibility index (Phi) is 5.21. The molecule has 1 aromatic heterocycles. The third-order valence-corrected chi connectivity index (χ3v) is 4.20. The van der Waals surface area contributed by atoms with Crippen LogP contribution in [-0.2, 0) is 6.42 Å². The van der Waals surface area contributed by atoms with Crippen molar-refractivity contribution < 1.29 is 0 Å². The molecule has 0 radical (unpaired) electrons. The van der Waals surface area contributed by atoms with Crippen LogP contribution in [-0.4, -0.2) is 29.1 Å². The van der Waals surface area contributed by atoms with Crippen molar-refractivity contribution in [3.05, 3.63) is 11.4 Å². The molecule has 0 aromatic carbocycles. The fourth-order valence-electron chi connectivity index (χ4n) is 3.03. The zero-order valence-corrected chi connectivity index (χ0v) is 13.4. The second-order valence-corrected chi connectivity index (χ2v) is 5.57. The minimum atomic E-state index is 0.636. The van der Waals surface area contributed by atoms with Crippen LogP contribution in [0.2, 0.25) is 0 Å². The van der Waals surface area contributed by atoms with Crippen LogP contribution >= 0.6 is 0 Å². The number of hydrogen-bond acceptors (Lipinski definition) is 4. The van der Waals surface area contributed by atoms with Crippen LogP contribution in [0.25, 0.3) is 0 Å². The molecule has 0 saturated carbocycles. The largest absolute Gasteiger partial charge is 0.370 e. The summed E-state index contributed by atoms with van der Waals surface area (Å²) in [5, 5.41) is 3.39. The first-order valence-electron chi connectivity index (χ1n) is 8.09. The molecule has 2 heterocycles. The van der Waals surface area contributed by atoms with Crippen LogP contribution in [0.1, 0.15) is 57.8 Å². The number of nitrogens with one attached hydrogen (secondary N) is 1. The first-order valence-corrected chi connectivity index (χ1v) is 8.09. The predicted octanol–water partition coefficient (Wildman–Crippen LogP) is 3.55. The summed E-state index contributed by atoms with van der Waals surface area (Å²) in [4.78, 5) is 12.0. The molecular weight excluding hydrogens is 248 g/mol. The van der Waals surface area contributed by atoms with E-state index in [0.717, 1.165) is 37.0 Å². The minimum absolute atomic E-state index is 0.636. The fraction of sp³-hybridized carbons (Fsp3) is 0.750. The number of piperidine rings is 1.